The Balaban J connectivity index is 2.82. The predicted molar refractivity (Wildman–Crippen MR) is 71.9 cm³/mol. The van der Waals surface area contributed by atoms with Gasteiger partial charge in [0, 0.05) is 17.2 Å². The van der Waals surface area contributed by atoms with Crippen molar-refractivity contribution >= 4 is 23.5 Å². The molecule has 0 amide bonds. The monoisotopic (exact) mass is 282 g/mol. The lowest BCUT2D eigenvalue weighted by molar-refractivity contribution is -0.146. The second kappa shape index (κ2) is 6.95. The van der Waals surface area contributed by atoms with Gasteiger partial charge in [0.05, 0.1) is 0 Å². The number of carbonyl (C=O) groups is 2. The fourth-order valence-electron chi connectivity index (χ4n) is 1.55. The Morgan fingerprint density at radius 1 is 1.21 bits per heavy atom. The topological polar surface area (TPSA) is 63.6 Å². The van der Waals surface area contributed by atoms with E-state index in [1.807, 2.05) is 13.8 Å². The summed E-state index contributed by atoms with van der Waals surface area (Å²) in [5.41, 5.74) is 0.816. The van der Waals surface area contributed by atoms with Gasteiger partial charge in [0.1, 0.15) is 6.10 Å². The molecule has 1 rings (SSSR count). The summed E-state index contributed by atoms with van der Waals surface area (Å²) in [4.78, 5) is 21.8. The van der Waals surface area contributed by atoms with Gasteiger partial charge in [-0.15, -0.1) is 0 Å². The molecule has 0 aliphatic rings. The predicted octanol–water partition coefficient (Wildman–Crippen LogP) is 3.22. The molecule has 102 valence electrons. The quantitative estimate of drug-likeness (QED) is 0.665. The highest BCUT2D eigenvalue weighted by atomic mass is 35.5. The van der Waals surface area contributed by atoms with Gasteiger partial charge in [-0.1, -0.05) is 37.6 Å². The van der Waals surface area contributed by atoms with E-state index in [2.05, 4.69) is 0 Å². The minimum atomic E-state index is -1.19. The van der Waals surface area contributed by atoms with Crippen molar-refractivity contribution < 1.29 is 19.4 Å². The van der Waals surface area contributed by atoms with Crippen LogP contribution in [-0.2, 0) is 14.3 Å². The molecule has 1 N–H and O–H groups in total. The number of ether oxygens (including phenoxy) is 1. The number of esters is 1. The lowest BCUT2D eigenvalue weighted by Gasteiger charge is -2.21. The fourth-order valence-corrected chi connectivity index (χ4v) is 1.67. The summed E-state index contributed by atoms with van der Waals surface area (Å²) in [7, 11) is 0. The van der Waals surface area contributed by atoms with E-state index in [0.717, 1.165) is 17.7 Å². The van der Waals surface area contributed by atoms with Crippen LogP contribution in [0.5, 0.6) is 0 Å². The molecule has 1 aromatic rings. The zero-order valence-electron chi connectivity index (χ0n) is 10.7. The molecule has 1 aromatic carbocycles. The van der Waals surface area contributed by atoms with Gasteiger partial charge >= 0.3 is 11.9 Å². The highest BCUT2D eigenvalue weighted by molar-refractivity contribution is 6.30. The minimum Gasteiger partial charge on any atom is -0.478 e. The van der Waals surface area contributed by atoms with Crippen molar-refractivity contribution in [1.29, 1.82) is 0 Å². The third kappa shape index (κ3) is 5.14. The number of hydrogen-bond acceptors (Lipinski definition) is 3. The molecule has 1 atom stereocenters. The van der Waals surface area contributed by atoms with Gasteiger partial charge in [0.2, 0.25) is 0 Å². The van der Waals surface area contributed by atoms with E-state index in [0.29, 0.717) is 5.02 Å². The number of aliphatic carboxylic acids is 1. The van der Waals surface area contributed by atoms with Crippen LogP contribution in [0.15, 0.2) is 36.4 Å². The molecule has 4 nitrogen and oxygen atoms in total. The van der Waals surface area contributed by atoms with Crippen molar-refractivity contribution in [2.24, 2.45) is 5.92 Å². The Labute approximate surface area is 116 Å². The second-order valence-corrected chi connectivity index (χ2v) is 4.76. The van der Waals surface area contributed by atoms with Gasteiger partial charge in [-0.25, -0.2) is 9.59 Å². The first-order chi connectivity index (χ1) is 8.90. The van der Waals surface area contributed by atoms with E-state index in [1.54, 1.807) is 24.3 Å². The summed E-state index contributed by atoms with van der Waals surface area (Å²) in [5, 5.41) is 9.04. The Hall–Kier alpha value is -1.81. The standard InChI is InChI=1S/C14H15ClO4/c1-9(2)14(10-3-5-11(15)6-4-10)19-13(18)8-7-12(16)17/h3-9,14H,1-2H3,(H,16,17). The highest BCUT2D eigenvalue weighted by Gasteiger charge is 2.19. The molecule has 1 unspecified atom stereocenters. The third-order valence-corrected chi connectivity index (χ3v) is 2.66. The number of carboxylic acid groups (broad SMARTS) is 1. The van der Waals surface area contributed by atoms with Crippen LogP contribution >= 0.6 is 11.6 Å². The summed E-state index contributed by atoms with van der Waals surface area (Å²) in [6, 6.07) is 6.99. The molecular weight excluding hydrogens is 268 g/mol. The zero-order valence-corrected chi connectivity index (χ0v) is 11.4. The lowest BCUT2D eigenvalue weighted by atomic mass is 9.99. The molecule has 0 fully saturated rings. The minimum absolute atomic E-state index is 0.0587. The van der Waals surface area contributed by atoms with Crippen molar-refractivity contribution in [3.63, 3.8) is 0 Å². The third-order valence-electron chi connectivity index (χ3n) is 2.41. The van der Waals surface area contributed by atoms with E-state index in [4.69, 9.17) is 21.4 Å². The smallest absolute Gasteiger partial charge is 0.331 e. The van der Waals surface area contributed by atoms with Crippen molar-refractivity contribution in [2.45, 2.75) is 20.0 Å². The Bertz CT molecular complexity index is 477. The van der Waals surface area contributed by atoms with E-state index >= 15 is 0 Å². The molecule has 0 saturated carbocycles. The van der Waals surface area contributed by atoms with Crippen LogP contribution in [0.3, 0.4) is 0 Å². The van der Waals surface area contributed by atoms with Crippen LogP contribution in [0.25, 0.3) is 0 Å². The van der Waals surface area contributed by atoms with Crippen LogP contribution in [0, 0.1) is 5.92 Å². The summed E-state index contributed by atoms with van der Waals surface area (Å²) < 4.78 is 5.26. The van der Waals surface area contributed by atoms with E-state index < -0.39 is 18.0 Å². The molecule has 0 spiro atoms. The zero-order chi connectivity index (χ0) is 14.4. The average Bonchev–Trinajstić information content (AvgIpc) is 2.34. The normalized spacial score (nSPS) is 12.6. The number of benzene rings is 1. The van der Waals surface area contributed by atoms with E-state index in [1.165, 1.54) is 0 Å². The SMILES string of the molecule is CC(C)C(OC(=O)C=CC(=O)O)c1ccc(Cl)cc1. The average molecular weight is 283 g/mol. The summed E-state index contributed by atoms with van der Waals surface area (Å²) in [6.07, 6.45) is 1.21. The van der Waals surface area contributed by atoms with Gasteiger partial charge in [-0.3, -0.25) is 0 Å². The van der Waals surface area contributed by atoms with Crippen molar-refractivity contribution in [3.05, 3.63) is 47.0 Å². The molecule has 0 aliphatic heterocycles. The summed E-state index contributed by atoms with van der Waals surface area (Å²) >= 11 is 5.80. The van der Waals surface area contributed by atoms with Crippen molar-refractivity contribution in [2.75, 3.05) is 0 Å². The molecule has 5 heteroatoms. The van der Waals surface area contributed by atoms with Crippen molar-refractivity contribution in [1.82, 2.24) is 0 Å². The first-order valence-corrected chi connectivity index (χ1v) is 6.15. The molecule has 0 bridgehead atoms. The van der Waals surface area contributed by atoms with Gasteiger partial charge in [0.15, 0.2) is 0 Å². The Kier molecular flexibility index (Phi) is 5.57. The number of rotatable bonds is 5. The first kappa shape index (κ1) is 15.2. The number of halogens is 1. The molecule has 0 saturated heterocycles. The van der Waals surface area contributed by atoms with Gasteiger partial charge in [-0.2, -0.15) is 0 Å². The maximum absolute atomic E-state index is 11.5. The first-order valence-electron chi connectivity index (χ1n) is 5.77. The molecule has 0 aliphatic carbocycles. The maximum Gasteiger partial charge on any atom is 0.331 e. The summed E-state index contributed by atoms with van der Waals surface area (Å²) in [6.45, 7) is 3.82. The molecular formula is C14H15ClO4. The van der Waals surface area contributed by atoms with Crippen LogP contribution in [-0.4, -0.2) is 17.0 Å². The molecule has 19 heavy (non-hydrogen) atoms. The second-order valence-electron chi connectivity index (χ2n) is 4.32. The van der Waals surface area contributed by atoms with Crippen LogP contribution in [0.1, 0.15) is 25.5 Å². The van der Waals surface area contributed by atoms with Crippen LogP contribution in [0.4, 0.5) is 0 Å². The number of hydrogen-bond donors (Lipinski definition) is 1. The van der Waals surface area contributed by atoms with Gasteiger partial charge < -0.3 is 9.84 Å². The maximum atomic E-state index is 11.5. The Morgan fingerprint density at radius 3 is 2.26 bits per heavy atom. The fraction of sp³-hybridized carbons (Fsp3) is 0.286. The van der Waals surface area contributed by atoms with E-state index in [9.17, 15) is 9.59 Å². The van der Waals surface area contributed by atoms with Crippen LogP contribution in [0.2, 0.25) is 5.02 Å². The Morgan fingerprint density at radius 2 is 1.79 bits per heavy atom. The van der Waals surface area contributed by atoms with Crippen LogP contribution < -0.4 is 0 Å². The molecule has 0 radical (unpaired) electrons. The number of carbonyl (C=O) groups excluding carboxylic acids is 1. The lowest BCUT2D eigenvalue weighted by Crippen LogP contribution is -2.15. The molecule has 0 aromatic heterocycles. The van der Waals surface area contributed by atoms with Gasteiger partial charge in [-0.05, 0) is 23.6 Å². The van der Waals surface area contributed by atoms with Crippen molar-refractivity contribution in [3.8, 4) is 0 Å². The van der Waals surface area contributed by atoms with Gasteiger partial charge in [0.25, 0.3) is 0 Å². The number of carboxylic acids is 1. The molecule has 0 heterocycles. The highest BCUT2D eigenvalue weighted by Crippen LogP contribution is 2.27. The van der Waals surface area contributed by atoms with E-state index in [-0.39, 0.29) is 5.92 Å². The summed E-state index contributed by atoms with van der Waals surface area (Å²) in [5.74, 6) is -1.82. The largest absolute Gasteiger partial charge is 0.478 e.